The van der Waals surface area contributed by atoms with Crippen molar-refractivity contribution in [1.29, 1.82) is 0 Å². The number of benzene rings is 2. The number of nitrogens with zero attached hydrogens (tertiary/aromatic N) is 2. The Labute approximate surface area is 182 Å². The van der Waals surface area contributed by atoms with E-state index in [0.29, 0.717) is 12.2 Å². The zero-order valence-electron chi connectivity index (χ0n) is 15.8. The molecule has 8 heteroatoms. The van der Waals surface area contributed by atoms with Crippen molar-refractivity contribution in [1.82, 2.24) is 4.90 Å². The van der Waals surface area contributed by atoms with Gasteiger partial charge in [0, 0.05) is 17.3 Å². The fourth-order valence-corrected chi connectivity index (χ4v) is 6.44. The minimum atomic E-state index is -1.17. The molecule has 4 aliphatic rings. The fraction of sp³-hybridized carbons (Fsp3) is 0.318. The zero-order valence-corrected chi connectivity index (χ0v) is 17.3. The van der Waals surface area contributed by atoms with Gasteiger partial charge in [-0.3, -0.25) is 19.3 Å². The number of amides is 3. The maximum atomic E-state index is 13.8. The maximum absolute atomic E-state index is 13.8. The molecule has 1 N–H and O–H groups in total. The predicted molar refractivity (Wildman–Crippen MR) is 112 cm³/mol. The molecule has 1 spiro atoms. The van der Waals surface area contributed by atoms with E-state index in [2.05, 4.69) is 10.2 Å². The van der Waals surface area contributed by atoms with Crippen molar-refractivity contribution >= 4 is 52.3 Å². The molecule has 0 aliphatic carbocycles. The van der Waals surface area contributed by atoms with Gasteiger partial charge in [-0.15, -0.1) is 0 Å². The molecule has 4 heterocycles. The molecule has 0 unspecified atom stereocenters. The normalized spacial score (nSPS) is 32.0. The molecule has 6 rings (SSSR count). The lowest BCUT2D eigenvalue weighted by Crippen LogP contribution is -2.54. The third-order valence-electron chi connectivity index (χ3n) is 7.07. The highest BCUT2D eigenvalue weighted by molar-refractivity contribution is 6.45. The highest BCUT2D eigenvalue weighted by Gasteiger charge is 2.74. The van der Waals surface area contributed by atoms with E-state index < -0.39 is 23.3 Å². The van der Waals surface area contributed by atoms with E-state index in [0.717, 1.165) is 23.3 Å². The van der Waals surface area contributed by atoms with Crippen LogP contribution in [0.1, 0.15) is 18.4 Å². The minimum Gasteiger partial charge on any atom is -0.324 e. The van der Waals surface area contributed by atoms with Gasteiger partial charge in [-0.1, -0.05) is 47.5 Å². The highest BCUT2D eigenvalue weighted by atomic mass is 35.5. The van der Waals surface area contributed by atoms with Crippen LogP contribution in [0.4, 0.5) is 11.4 Å². The minimum absolute atomic E-state index is 0.161. The van der Waals surface area contributed by atoms with E-state index in [1.54, 1.807) is 18.2 Å². The van der Waals surface area contributed by atoms with Gasteiger partial charge in [-0.2, -0.15) is 0 Å². The average Bonchev–Trinajstić information content (AvgIpc) is 3.43. The van der Waals surface area contributed by atoms with Crippen LogP contribution in [0.3, 0.4) is 0 Å². The maximum Gasteiger partial charge on any atom is 0.250 e. The van der Waals surface area contributed by atoms with Gasteiger partial charge in [0.05, 0.1) is 27.6 Å². The highest BCUT2D eigenvalue weighted by Crippen LogP contribution is 2.60. The van der Waals surface area contributed by atoms with Crippen molar-refractivity contribution in [2.45, 2.75) is 24.4 Å². The Morgan fingerprint density at radius 1 is 1.00 bits per heavy atom. The lowest BCUT2D eigenvalue weighted by atomic mass is 9.75. The standard InChI is InChI=1S/C22H17Cl2N3O3/c23-12-6-3-8-15(18(12)24)27-19(28)16-14-9-4-10-26(14)22(17(16)20(27)29)11-5-1-2-7-13(11)25-21(22)30/h1-3,5-8,14,16-17H,4,9-10H2,(H,25,30)/t14-,16+,17+,22-/m0/s1. The summed E-state index contributed by atoms with van der Waals surface area (Å²) in [7, 11) is 0. The summed E-state index contributed by atoms with van der Waals surface area (Å²) in [5.41, 5.74) is 0.581. The fourth-order valence-electron chi connectivity index (χ4n) is 6.06. The molecular formula is C22H17Cl2N3O3. The van der Waals surface area contributed by atoms with Crippen LogP contribution in [-0.4, -0.2) is 35.2 Å². The van der Waals surface area contributed by atoms with E-state index in [4.69, 9.17) is 23.2 Å². The number of rotatable bonds is 1. The van der Waals surface area contributed by atoms with Crippen LogP contribution in [0.15, 0.2) is 42.5 Å². The molecule has 0 radical (unpaired) electrons. The van der Waals surface area contributed by atoms with Gasteiger partial charge >= 0.3 is 0 Å². The first kappa shape index (κ1) is 18.4. The third kappa shape index (κ3) is 1.97. The number of carbonyl (C=O) groups is 3. The van der Waals surface area contributed by atoms with Gasteiger partial charge in [0.2, 0.25) is 17.7 Å². The quantitative estimate of drug-likeness (QED) is 0.688. The first-order chi connectivity index (χ1) is 14.5. The Bertz CT molecular complexity index is 1150. The monoisotopic (exact) mass is 441 g/mol. The largest absolute Gasteiger partial charge is 0.324 e. The van der Waals surface area contributed by atoms with Gasteiger partial charge in [0.1, 0.15) is 5.54 Å². The number of hydrogen-bond acceptors (Lipinski definition) is 4. The second-order valence-electron chi connectivity index (χ2n) is 8.26. The summed E-state index contributed by atoms with van der Waals surface area (Å²) in [4.78, 5) is 44.1. The van der Waals surface area contributed by atoms with Crippen molar-refractivity contribution in [3.63, 3.8) is 0 Å². The Morgan fingerprint density at radius 2 is 1.80 bits per heavy atom. The summed E-state index contributed by atoms with van der Waals surface area (Å²) in [5, 5.41) is 3.39. The molecule has 2 aromatic rings. The van der Waals surface area contributed by atoms with E-state index >= 15 is 0 Å². The molecule has 4 aliphatic heterocycles. The summed E-state index contributed by atoms with van der Waals surface area (Å²) < 4.78 is 0. The molecule has 2 aromatic carbocycles. The molecule has 152 valence electrons. The van der Waals surface area contributed by atoms with Crippen LogP contribution in [0.5, 0.6) is 0 Å². The van der Waals surface area contributed by atoms with Crippen molar-refractivity contribution in [2.24, 2.45) is 11.8 Å². The zero-order chi connectivity index (χ0) is 20.8. The second-order valence-corrected chi connectivity index (χ2v) is 9.04. The van der Waals surface area contributed by atoms with E-state index in [1.807, 2.05) is 24.3 Å². The number of para-hydroxylation sites is 1. The Balaban J connectivity index is 1.57. The van der Waals surface area contributed by atoms with Crippen LogP contribution < -0.4 is 10.2 Å². The van der Waals surface area contributed by atoms with Gasteiger partial charge < -0.3 is 5.32 Å². The van der Waals surface area contributed by atoms with Crippen molar-refractivity contribution in [3.05, 3.63) is 58.1 Å². The van der Waals surface area contributed by atoms with Crippen molar-refractivity contribution in [2.75, 3.05) is 16.8 Å². The topological polar surface area (TPSA) is 69.7 Å². The first-order valence-corrected chi connectivity index (χ1v) is 10.7. The lowest BCUT2D eigenvalue weighted by molar-refractivity contribution is -0.135. The first-order valence-electron chi connectivity index (χ1n) is 9.97. The summed E-state index contributed by atoms with van der Waals surface area (Å²) in [6, 6.07) is 12.2. The van der Waals surface area contributed by atoms with Crippen LogP contribution in [-0.2, 0) is 19.9 Å². The molecule has 3 amide bonds. The number of fused-ring (bicyclic) bond motifs is 7. The lowest BCUT2D eigenvalue weighted by Gasteiger charge is -2.36. The number of anilines is 2. The predicted octanol–water partition coefficient (Wildman–Crippen LogP) is 3.42. The average molecular weight is 442 g/mol. The number of hydrogen-bond donors (Lipinski definition) is 1. The molecule has 3 saturated heterocycles. The Morgan fingerprint density at radius 3 is 2.63 bits per heavy atom. The molecule has 0 aromatic heterocycles. The van der Waals surface area contributed by atoms with Crippen LogP contribution >= 0.6 is 23.2 Å². The van der Waals surface area contributed by atoms with Crippen LogP contribution in [0, 0.1) is 11.8 Å². The van der Waals surface area contributed by atoms with E-state index in [1.165, 1.54) is 0 Å². The molecule has 3 fully saturated rings. The number of halogens is 2. The molecule has 0 saturated carbocycles. The number of carbonyl (C=O) groups excluding carboxylic acids is 3. The van der Waals surface area contributed by atoms with Crippen LogP contribution in [0.25, 0.3) is 0 Å². The van der Waals surface area contributed by atoms with E-state index in [-0.39, 0.29) is 33.6 Å². The molecule has 0 bridgehead atoms. The van der Waals surface area contributed by atoms with Gasteiger partial charge in [0.25, 0.3) is 0 Å². The molecule has 6 nitrogen and oxygen atoms in total. The Hall–Kier alpha value is -2.41. The van der Waals surface area contributed by atoms with Gasteiger partial charge in [-0.25, -0.2) is 4.90 Å². The molecule has 30 heavy (non-hydrogen) atoms. The van der Waals surface area contributed by atoms with Gasteiger partial charge in [0.15, 0.2) is 0 Å². The smallest absolute Gasteiger partial charge is 0.250 e. The summed E-state index contributed by atoms with van der Waals surface area (Å²) in [6.07, 6.45) is 1.65. The summed E-state index contributed by atoms with van der Waals surface area (Å²) in [5.74, 6) is -2.32. The second kappa shape index (κ2) is 6.06. The molecule has 4 atom stereocenters. The summed E-state index contributed by atoms with van der Waals surface area (Å²) >= 11 is 12.5. The Kier molecular flexibility index (Phi) is 3.71. The van der Waals surface area contributed by atoms with E-state index in [9.17, 15) is 14.4 Å². The molecular weight excluding hydrogens is 425 g/mol. The van der Waals surface area contributed by atoms with Crippen LogP contribution in [0.2, 0.25) is 10.0 Å². The summed E-state index contributed by atoms with van der Waals surface area (Å²) in [6.45, 7) is 0.678. The number of imide groups is 1. The SMILES string of the molecule is O=C1[C@@H]2[C@@H]3CCCN3[C@]3(C(=O)Nc4ccccc43)[C@H]2C(=O)N1c1cccc(Cl)c1Cl. The third-order valence-corrected chi connectivity index (χ3v) is 7.88. The van der Waals surface area contributed by atoms with Crippen molar-refractivity contribution in [3.8, 4) is 0 Å². The van der Waals surface area contributed by atoms with Crippen molar-refractivity contribution < 1.29 is 14.4 Å². The number of nitrogens with one attached hydrogen (secondary N) is 1. The van der Waals surface area contributed by atoms with Gasteiger partial charge in [-0.05, 0) is 37.6 Å².